The molecule has 1 aromatic carbocycles. The summed E-state index contributed by atoms with van der Waals surface area (Å²) in [5.74, 6) is 0.168. The summed E-state index contributed by atoms with van der Waals surface area (Å²) in [6.45, 7) is 0. The molecule has 0 N–H and O–H groups in total. The molecule has 0 radical (unpaired) electrons. The molecule has 0 saturated carbocycles. The molecule has 0 fully saturated rings. The van der Waals surface area contributed by atoms with E-state index in [1.165, 1.54) is 36.7 Å². The van der Waals surface area contributed by atoms with E-state index in [0.29, 0.717) is 11.5 Å². The Hall–Kier alpha value is -2.24. The molecule has 3 nitrogen and oxygen atoms in total. The molecule has 18 heavy (non-hydrogen) atoms. The smallest absolute Gasteiger partial charge is 0.445 e. The van der Waals surface area contributed by atoms with Crippen molar-refractivity contribution >= 4 is 12.2 Å². The zero-order valence-corrected chi connectivity index (χ0v) is 9.02. The van der Waals surface area contributed by atoms with Gasteiger partial charge < -0.3 is 9.15 Å². The van der Waals surface area contributed by atoms with Gasteiger partial charge in [-0.2, -0.15) is 0 Å². The standard InChI is InChI=1S/C12H8F3NO2/c13-12(14,15)18-10-4-1-9(2-5-10)3-6-11-16-7-8-17-11/h1-8H. The van der Waals surface area contributed by atoms with Crippen LogP contribution >= 0.6 is 0 Å². The van der Waals surface area contributed by atoms with Crippen molar-refractivity contribution in [1.82, 2.24) is 4.98 Å². The van der Waals surface area contributed by atoms with Gasteiger partial charge in [0, 0.05) is 6.08 Å². The van der Waals surface area contributed by atoms with Crippen LogP contribution in [0.1, 0.15) is 11.5 Å². The molecule has 0 atom stereocenters. The summed E-state index contributed by atoms with van der Waals surface area (Å²) in [6, 6.07) is 5.48. The molecule has 0 spiro atoms. The van der Waals surface area contributed by atoms with Gasteiger partial charge >= 0.3 is 6.36 Å². The maximum absolute atomic E-state index is 11.9. The van der Waals surface area contributed by atoms with Crippen LogP contribution in [-0.2, 0) is 0 Å². The second-order valence-corrected chi connectivity index (χ2v) is 3.32. The van der Waals surface area contributed by atoms with Crippen LogP contribution in [0.5, 0.6) is 5.75 Å². The Bertz CT molecular complexity index is 515. The predicted molar refractivity (Wildman–Crippen MR) is 58.6 cm³/mol. The molecule has 0 aliphatic heterocycles. The first-order valence-electron chi connectivity index (χ1n) is 4.96. The van der Waals surface area contributed by atoms with E-state index in [-0.39, 0.29) is 5.75 Å². The van der Waals surface area contributed by atoms with E-state index >= 15 is 0 Å². The van der Waals surface area contributed by atoms with Crippen LogP contribution in [0.3, 0.4) is 0 Å². The molecule has 0 saturated heterocycles. The van der Waals surface area contributed by atoms with E-state index in [9.17, 15) is 13.2 Å². The summed E-state index contributed by atoms with van der Waals surface area (Å²) in [5, 5.41) is 0. The van der Waals surface area contributed by atoms with Gasteiger partial charge in [0.25, 0.3) is 0 Å². The number of nitrogens with zero attached hydrogens (tertiary/aromatic N) is 1. The van der Waals surface area contributed by atoms with Gasteiger partial charge in [-0.3, -0.25) is 0 Å². The minimum atomic E-state index is -4.67. The van der Waals surface area contributed by atoms with Crippen molar-refractivity contribution in [2.45, 2.75) is 6.36 Å². The van der Waals surface area contributed by atoms with Gasteiger partial charge in [-0.1, -0.05) is 12.1 Å². The van der Waals surface area contributed by atoms with Gasteiger partial charge in [0.15, 0.2) is 0 Å². The van der Waals surface area contributed by atoms with Crippen LogP contribution in [-0.4, -0.2) is 11.3 Å². The Kier molecular flexibility index (Phi) is 3.36. The number of ether oxygens (including phenoxy) is 1. The van der Waals surface area contributed by atoms with E-state index in [1.54, 1.807) is 12.2 Å². The Morgan fingerprint density at radius 2 is 1.83 bits per heavy atom. The van der Waals surface area contributed by atoms with Crippen molar-refractivity contribution in [1.29, 1.82) is 0 Å². The van der Waals surface area contributed by atoms with Crippen LogP contribution in [0.2, 0.25) is 0 Å². The van der Waals surface area contributed by atoms with E-state index in [2.05, 4.69) is 9.72 Å². The van der Waals surface area contributed by atoms with Gasteiger partial charge in [0.2, 0.25) is 5.89 Å². The molecule has 0 aliphatic carbocycles. The molecule has 2 rings (SSSR count). The number of benzene rings is 1. The zero-order chi connectivity index (χ0) is 13.0. The fourth-order valence-corrected chi connectivity index (χ4v) is 1.26. The summed E-state index contributed by atoms with van der Waals surface area (Å²) < 4.78 is 44.5. The third-order valence-electron chi connectivity index (χ3n) is 1.98. The average Bonchev–Trinajstić information content (AvgIpc) is 2.79. The molecule has 1 heterocycles. The SMILES string of the molecule is FC(F)(F)Oc1ccc(C=Cc2ncco2)cc1. The van der Waals surface area contributed by atoms with E-state index in [1.807, 2.05) is 0 Å². The van der Waals surface area contributed by atoms with Crippen molar-refractivity contribution in [3.63, 3.8) is 0 Å². The highest BCUT2D eigenvalue weighted by Crippen LogP contribution is 2.23. The maximum atomic E-state index is 11.9. The third kappa shape index (κ3) is 3.65. The van der Waals surface area contributed by atoms with Crippen molar-refractivity contribution in [3.05, 3.63) is 48.2 Å². The van der Waals surface area contributed by atoms with Crippen LogP contribution in [0.25, 0.3) is 12.2 Å². The van der Waals surface area contributed by atoms with Crippen LogP contribution < -0.4 is 4.74 Å². The summed E-state index contributed by atoms with van der Waals surface area (Å²) in [5.41, 5.74) is 0.711. The molecule has 94 valence electrons. The Balaban J connectivity index is 2.04. The van der Waals surface area contributed by atoms with Crippen molar-refractivity contribution in [3.8, 4) is 5.75 Å². The lowest BCUT2D eigenvalue weighted by molar-refractivity contribution is -0.274. The summed E-state index contributed by atoms with van der Waals surface area (Å²) >= 11 is 0. The van der Waals surface area contributed by atoms with Crippen molar-refractivity contribution in [2.75, 3.05) is 0 Å². The molecule has 0 amide bonds. The number of oxazole rings is 1. The molecule has 0 bridgehead atoms. The lowest BCUT2D eigenvalue weighted by Gasteiger charge is -2.08. The van der Waals surface area contributed by atoms with Crippen molar-refractivity contribution < 1.29 is 22.3 Å². The lowest BCUT2D eigenvalue weighted by atomic mass is 10.2. The molecular weight excluding hydrogens is 247 g/mol. The zero-order valence-electron chi connectivity index (χ0n) is 9.02. The number of hydrogen-bond acceptors (Lipinski definition) is 3. The fourth-order valence-electron chi connectivity index (χ4n) is 1.26. The minimum absolute atomic E-state index is 0.254. The number of hydrogen-bond donors (Lipinski definition) is 0. The second-order valence-electron chi connectivity index (χ2n) is 3.32. The van der Waals surface area contributed by atoms with Gasteiger partial charge in [-0.25, -0.2) is 4.98 Å². The highest BCUT2D eigenvalue weighted by molar-refractivity contribution is 5.66. The van der Waals surface area contributed by atoms with Crippen LogP contribution in [0.15, 0.2) is 41.1 Å². The minimum Gasteiger partial charge on any atom is -0.445 e. The van der Waals surface area contributed by atoms with Gasteiger partial charge in [-0.05, 0) is 23.8 Å². The Morgan fingerprint density at radius 1 is 1.11 bits per heavy atom. The summed E-state index contributed by atoms with van der Waals surface area (Å²) in [4.78, 5) is 3.87. The Morgan fingerprint density at radius 3 is 2.39 bits per heavy atom. The van der Waals surface area contributed by atoms with E-state index < -0.39 is 6.36 Å². The Labute approximate surface area is 101 Å². The summed E-state index contributed by atoms with van der Waals surface area (Å²) in [7, 11) is 0. The van der Waals surface area contributed by atoms with Crippen LogP contribution in [0, 0.1) is 0 Å². The maximum Gasteiger partial charge on any atom is 0.573 e. The predicted octanol–water partition coefficient (Wildman–Crippen LogP) is 3.74. The van der Waals surface area contributed by atoms with Crippen molar-refractivity contribution in [2.24, 2.45) is 0 Å². The summed E-state index contributed by atoms with van der Waals surface area (Å²) in [6.07, 6.45) is 1.54. The first kappa shape index (κ1) is 12.2. The third-order valence-corrected chi connectivity index (χ3v) is 1.98. The highest BCUT2D eigenvalue weighted by Gasteiger charge is 2.30. The van der Waals surface area contributed by atoms with Crippen LogP contribution in [0.4, 0.5) is 13.2 Å². The molecule has 2 aromatic rings. The largest absolute Gasteiger partial charge is 0.573 e. The monoisotopic (exact) mass is 255 g/mol. The van der Waals surface area contributed by atoms with Gasteiger partial charge in [0.1, 0.15) is 12.0 Å². The van der Waals surface area contributed by atoms with E-state index in [0.717, 1.165) is 0 Å². The first-order valence-corrected chi connectivity index (χ1v) is 4.96. The molecule has 6 heteroatoms. The topological polar surface area (TPSA) is 35.3 Å². The lowest BCUT2D eigenvalue weighted by Crippen LogP contribution is -2.16. The normalized spacial score (nSPS) is 11.9. The highest BCUT2D eigenvalue weighted by atomic mass is 19.4. The number of rotatable bonds is 3. The van der Waals surface area contributed by atoms with Gasteiger partial charge in [0.05, 0.1) is 6.20 Å². The van der Waals surface area contributed by atoms with E-state index in [4.69, 9.17) is 4.42 Å². The number of halogens is 3. The second kappa shape index (κ2) is 4.95. The number of alkyl halides is 3. The first-order chi connectivity index (χ1) is 8.53. The molecule has 1 aromatic heterocycles. The number of aromatic nitrogens is 1. The fraction of sp³-hybridized carbons (Fsp3) is 0.0833. The molecule has 0 aliphatic rings. The van der Waals surface area contributed by atoms with Gasteiger partial charge in [-0.15, -0.1) is 13.2 Å². The molecule has 0 unspecified atom stereocenters. The molecular formula is C12H8F3NO2. The average molecular weight is 255 g/mol. The quantitative estimate of drug-likeness (QED) is 0.837.